The van der Waals surface area contributed by atoms with Crippen molar-refractivity contribution < 1.29 is 4.79 Å². The first kappa shape index (κ1) is 14.6. The lowest BCUT2D eigenvalue weighted by Crippen LogP contribution is -2.21. The van der Waals surface area contributed by atoms with Crippen LogP contribution in [0.15, 0.2) is 36.6 Å². The minimum Gasteiger partial charge on any atom is -0.330 e. The van der Waals surface area contributed by atoms with Crippen LogP contribution >= 0.6 is 0 Å². The molecule has 3 heteroatoms. The number of nitrogens with one attached hydrogen (secondary N) is 1. The predicted molar refractivity (Wildman–Crippen MR) is 68.8 cm³/mol. The third kappa shape index (κ3) is 8.00. The smallest absolute Gasteiger partial charge is 0.224 e. The Balaban J connectivity index is 3.91. The van der Waals surface area contributed by atoms with Gasteiger partial charge in [0, 0.05) is 12.1 Å². The first-order valence-corrected chi connectivity index (χ1v) is 5.70. The number of carbonyl (C=O) groups is 1. The van der Waals surface area contributed by atoms with E-state index in [0.29, 0.717) is 13.0 Å². The highest BCUT2D eigenvalue weighted by molar-refractivity contribution is 5.78. The number of rotatable bonds is 8. The summed E-state index contributed by atoms with van der Waals surface area (Å²) < 4.78 is 0. The second kappa shape index (κ2) is 10.2. The van der Waals surface area contributed by atoms with E-state index in [9.17, 15) is 4.79 Å². The molecule has 0 radical (unpaired) electrons. The van der Waals surface area contributed by atoms with Crippen molar-refractivity contribution >= 4 is 5.91 Å². The van der Waals surface area contributed by atoms with Gasteiger partial charge in [0.25, 0.3) is 0 Å². The van der Waals surface area contributed by atoms with Crippen molar-refractivity contribution in [3.8, 4) is 0 Å². The van der Waals surface area contributed by atoms with Gasteiger partial charge < -0.3 is 11.1 Å². The van der Waals surface area contributed by atoms with Crippen LogP contribution in [0.4, 0.5) is 0 Å². The van der Waals surface area contributed by atoms with Gasteiger partial charge in [0.2, 0.25) is 5.91 Å². The maximum absolute atomic E-state index is 11.5. The molecule has 0 aliphatic carbocycles. The minimum atomic E-state index is 0.0446. The van der Waals surface area contributed by atoms with E-state index in [0.717, 1.165) is 25.0 Å². The van der Waals surface area contributed by atoms with E-state index in [-0.39, 0.29) is 5.91 Å². The summed E-state index contributed by atoms with van der Waals surface area (Å²) in [5.74, 6) is 0.0446. The molecule has 0 aromatic rings. The van der Waals surface area contributed by atoms with Crippen LogP contribution in [0.5, 0.6) is 0 Å². The average Bonchev–Trinajstić information content (AvgIpc) is 2.25. The number of unbranched alkanes of at least 4 members (excludes halogenated alkanes) is 2. The molecule has 0 heterocycles. The van der Waals surface area contributed by atoms with Crippen molar-refractivity contribution in [2.75, 3.05) is 6.54 Å². The van der Waals surface area contributed by atoms with Gasteiger partial charge in [-0.15, -0.1) is 0 Å². The fourth-order valence-corrected chi connectivity index (χ4v) is 1.28. The number of amides is 1. The van der Waals surface area contributed by atoms with E-state index >= 15 is 0 Å². The summed E-state index contributed by atoms with van der Waals surface area (Å²) in [6, 6.07) is 0. The molecule has 0 saturated carbocycles. The fraction of sp³-hybridized carbons (Fsp3) is 0.462. The molecule has 3 N–H and O–H groups in total. The second-order valence-electron chi connectivity index (χ2n) is 3.51. The summed E-state index contributed by atoms with van der Waals surface area (Å²) in [5, 5.41) is 2.83. The van der Waals surface area contributed by atoms with E-state index in [2.05, 4.69) is 11.9 Å². The molecule has 0 fully saturated rings. The largest absolute Gasteiger partial charge is 0.330 e. The summed E-state index contributed by atoms with van der Waals surface area (Å²) in [6.07, 6.45) is 10.6. The van der Waals surface area contributed by atoms with Crippen molar-refractivity contribution in [1.82, 2.24) is 5.32 Å². The highest BCUT2D eigenvalue weighted by Gasteiger charge is 2.01. The molecule has 0 aromatic carbocycles. The molecule has 90 valence electrons. The van der Waals surface area contributed by atoms with E-state index < -0.39 is 0 Å². The number of allylic oxidation sites excluding steroid dienone is 4. The zero-order valence-electron chi connectivity index (χ0n) is 10.0. The zero-order valence-corrected chi connectivity index (χ0v) is 10.0. The number of hydrogen-bond acceptors (Lipinski definition) is 2. The monoisotopic (exact) mass is 222 g/mol. The molecule has 0 atom stereocenters. The Morgan fingerprint density at radius 2 is 2.12 bits per heavy atom. The van der Waals surface area contributed by atoms with Gasteiger partial charge in [0.15, 0.2) is 0 Å². The molecular weight excluding hydrogens is 200 g/mol. The summed E-state index contributed by atoms with van der Waals surface area (Å²) >= 11 is 0. The van der Waals surface area contributed by atoms with Crippen LogP contribution in [0.25, 0.3) is 0 Å². The first-order valence-electron chi connectivity index (χ1n) is 5.70. The van der Waals surface area contributed by atoms with Crippen LogP contribution < -0.4 is 11.1 Å². The lowest BCUT2D eigenvalue weighted by Gasteiger charge is -2.05. The Labute approximate surface area is 98.1 Å². The van der Waals surface area contributed by atoms with Crippen LogP contribution in [-0.2, 0) is 4.79 Å². The Kier molecular flexibility index (Phi) is 9.32. The number of hydrogen-bond donors (Lipinski definition) is 2. The standard InChI is InChI=1S/C13H22N2O/c1-3-8-12(9-4-2)15-13(16)10-6-5-7-11-14/h3-4,8-9H,1,5-7,10-11,14H2,2H3,(H,15,16)/b9-4-,12-8+. The molecule has 3 nitrogen and oxygen atoms in total. The van der Waals surface area contributed by atoms with Gasteiger partial charge in [-0.05, 0) is 38.5 Å². The quantitative estimate of drug-likeness (QED) is 0.489. The van der Waals surface area contributed by atoms with Crippen molar-refractivity contribution in [1.29, 1.82) is 0 Å². The molecule has 0 rings (SSSR count). The van der Waals surface area contributed by atoms with Gasteiger partial charge in [-0.2, -0.15) is 0 Å². The van der Waals surface area contributed by atoms with Gasteiger partial charge in [0.1, 0.15) is 0 Å². The topological polar surface area (TPSA) is 55.1 Å². The number of carbonyl (C=O) groups excluding carboxylic acids is 1. The zero-order chi connectivity index (χ0) is 12.2. The lowest BCUT2D eigenvalue weighted by molar-refractivity contribution is -0.120. The lowest BCUT2D eigenvalue weighted by atomic mass is 10.2. The van der Waals surface area contributed by atoms with E-state index in [4.69, 9.17) is 5.73 Å². The van der Waals surface area contributed by atoms with E-state index in [1.165, 1.54) is 0 Å². The molecule has 0 unspecified atom stereocenters. The van der Waals surface area contributed by atoms with Crippen molar-refractivity contribution in [2.24, 2.45) is 5.73 Å². The Bertz CT molecular complexity index is 267. The van der Waals surface area contributed by atoms with Gasteiger partial charge in [0.05, 0.1) is 0 Å². The Morgan fingerprint density at radius 3 is 2.69 bits per heavy atom. The van der Waals surface area contributed by atoms with Gasteiger partial charge >= 0.3 is 0 Å². The maximum Gasteiger partial charge on any atom is 0.224 e. The minimum absolute atomic E-state index is 0.0446. The van der Waals surface area contributed by atoms with Crippen molar-refractivity contribution in [3.05, 3.63) is 36.6 Å². The molecular formula is C13H22N2O. The fourth-order valence-electron chi connectivity index (χ4n) is 1.28. The Morgan fingerprint density at radius 1 is 1.38 bits per heavy atom. The predicted octanol–water partition coefficient (Wildman–Crippen LogP) is 2.27. The van der Waals surface area contributed by atoms with E-state index in [1.54, 1.807) is 12.2 Å². The van der Waals surface area contributed by atoms with Crippen LogP contribution in [0.3, 0.4) is 0 Å². The van der Waals surface area contributed by atoms with Crippen molar-refractivity contribution in [2.45, 2.75) is 32.6 Å². The van der Waals surface area contributed by atoms with Gasteiger partial charge in [-0.1, -0.05) is 25.2 Å². The van der Waals surface area contributed by atoms with Gasteiger partial charge in [-0.25, -0.2) is 0 Å². The van der Waals surface area contributed by atoms with Crippen LogP contribution in [-0.4, -0.2) is 12.5 Å². The second-order valence-corrected chi connectivity index (χ2v) is 3.51. The first-order chi connectivity index (χ1) is 7.74. The normalized spacial score (nSPS) is 11.8. The molecule has 0 bridgehead atoms. The van der Waals surface area contributed by atoms with Crippen LogP contribution in [0, 0.1) is 0 Å². The molecule has 0 aliphatic heterocycles. The molecule has 16 heavy (non-hydrogen) atoms. The summed E-state index contributed by atoms with van der Waals surface area (Å²) in [4.78, 5) is 11.5. The average molecular weight is 222 g/mol. The third-order valence-corrected chi connectivity index (χ3v) is 2.04. The highest BCUT2D eigenvalue weighted by Crippen LogP contribution is 2.00. The molecule has 0 aromatic heterocycles. The maximum atomic E-state index is 11.5. The molecule has 0 spiro atoms. The van der Waals surface area contributed by atoms with Crippen LogP contribution in [0.2, 0.25) is 0 Å². The van der Waals surface area contributed by atoms with Crippen molar-refractivity contribution in [3.63, 3.8) is 0 Å². The van der Waals surface area contributed by atoms with Crippen LogP contribution in [0.1, 0.15) is 32.6 Å². The molecule has 0 aliphatic rings. The van der Waals surface area contributed by atoms with Gasteiger partial charge in [-0.3, -0.25) is 4.79 Å². The molecule has 0 saturated heterocycles. The number of nitrogens with two attached hydrogens (primary N) is 1. The summed E-state index contributed by atoms with van der Waals surface area (Å²) in [6.45, 7) is 6.20. The SMILES string of the molecule is C=C/C=C(\C=C/C)NC(=O)CCCCCN. The highest BCUT2D eigenvalue weighted by atomic mass is 16.1. The Hall–Kier alpha value is -1.35. The summed E-state index contributed by atoms with van der Waals surface area (Å²) in [5.41, 5.74) is 6.15. The summed E-state index contributed by atoms with van der Waals surface area (Å²) in [7, 11) is 0. The molecule has 1 amide bonds. The van der Waals surface area contributed by atoms with E-state index in [1.807, 2.05) is 19.1 Å². The third-order valence-electron chi connectivity index (χ3n) is 2.04.